The molecule has 0 heterocycles. The quantitative estimate of drug-likeness (QED) is 0.0659. The summed E-state index contributed by atoms with van der Waals surface area (Å²) < 4.78 is 18.6. The second-order valence-electron chi connectivity index (χ2n) is 19.3. The van der Waals surface area contributed by atoms with E-state index in [4.69, 9.17) is 14.2 Å². The number of hydrogen-bond acceptors (Lipinski definition) is 4. The molecule has 0 aromatic carbocycles. The van der Waals surface area contributed by atoms with E-state index in [-0.39, 0.29) is 0 Å². The van der Waals surface area contributed by atoms with Gasteiger partial charge in [-0.3, -0.25) is 0 Å². The SMILES string of the molecule is CCCCCCCOC[C@H](COCCCCCCCCO[C@H]1CCC2(C)C(=CC[C@@H]3[C@@H]2CC[C@]2(C)[C@@H]([C@H](C)CCCC(C)C)CC[C@@H]32)C1)N(C)C. The molecule has 3 saturated carbocycles. The molecule has 4 nitrogen and oxygen atoms in total. The van der Waals surface area contributed by atoms with Crippen molar-refractivity contribution in [3.63, 3.8) is 0 Å². The summed E-state index contributed by atoms with van der Waals surface area (Å²) in [6, 6.07) is 0.353. The molecule has 0 bridgehead atoms. The first kappa shape index (κ1) is 43.3. The van der Waals surface area contributed by atoms with Crippen LogP contribution in [0.4, 0.5) is 0 Å². The van der Waals surface area contributed by atoms with Crippen molar-refractivity contribution in [2.24, 2.45) is 46.3 Å². The first-order valence-electron chi connectivity index (χ1n) is 22.7. The average Bonchev–Trinajstić information content (AvgIpc) is 3.46. The van der Waals surface area contributed by atoms with Gasteiger partial charge in [0, 0.05) is 19.8 Å². The summed E-state index contributed by atoms with van der Waals surface area (Å²) in [5, 5.41) is 0. The number of ether oxygens (including phenoxy) is 3. The van der Waals surface area contributed by atoms with E-state index in [0.29, 0.717) is 23.0 Å². The lowest BCUT2D eigenvalue weighted by molar-refractivity contribution is -0.0641. The van der Waals surface area contributed by atoms with Gasteiger partial charge in [-0.1, -0.05) is 124 Å². The van der Waals surface area contributed by atoms with Crippen molar-refractivity contribution in [1.82, 2.24) is 4.90 Å². The molecule has 9 atom stereocenters. The molecule has 0 saturated heterocycles. The molecule has 4 aliphatic carbocycles. The van der Waals surface area contributed by atoms with Crippen molar-refractivity contribution < 1.29 is 14.2 Å². The van der Waals surface area contributed by atoms with Crippen molar-refractivity contribution in [3.05, 3.63) is 11.6 Å². The first-order valence-corrected chi connectivity index (χ1v) is 22.7. The third-order valence-corrected chi connectivity index (χ3v) is 15.0. The van der Waals surface area contributed by atoms with Crippen molar-refractivity contribution in [3.8, 4) is 0 Å². The Morgan fingerprint density at radius 2 is 1.37 bits per heavy atom. The third-order valence-electron chi connectivity index (χ3n) is 15.0. The van der Waals surface area contributed by atoms with Crippen LogP contribution in [0.15, 0.2) is 11.6 Å². The molecule has 4 heteroatoms. The zero-order chi connectivity index (χ0) is 36.7. The van der Waals surface area contributed by atoms with Gasteiger partial charge in [-0.2, -0.15) is 0 Å². The molecule has 0 aromatic rings. The second kappa shape index (κ2) is 22.2. The van der Waals surface area contributed by atoms with Crippen LogP contribution in [0.25, 0.3) is 0 Å². The maximum Gasteiger partial charge on any atom is 0.0644 e. The highest BCUT2D eigenvalue weighted by atomic mass is 16.5. The Bertz CT molecular complexity index is 979. The highest BCUT2D eigenvalue weighted by Gasteiger charge is 2.59. The van der Waals surface area contributed by atoms with Crippen LogP contribution in [-0.4, -0.2) is 64.2 Å². The van der Waals surface area contributed by atoms with Gasteiger partial charge in [-0.25, -0.2) is 0 Å². The van der Waals surface area contributed by atoms with E-state index in [1.807, 2.05) is 0 Å². The van der Waals surface area contributed by atoms with Crippen molar-refractivity contribution >= 4 is 0 Å². The minimum Gasteiger partial charge on any atom is -0.380 e. The molecule has 3 fully saturated rings. The topological polar surface area (TPSA) is 30.9 Å². The van der Waals surface area contributed by atoms with Crippen LogP contribution >= 0.6 is 0 Å². The Morgan fingerprint density at radius 1 is 0.725 bits per heavy atom. The second-order valence-corrected chi connectivity index (χ2v) is 19.3. The number of hydrogen-bond donors (Lipinski definition) is 0. The maximum absolute atomic E-state index is 6.57. The van der Waals surface area contributed by atoms with E-state index in [1.165, 1.54) is 141 Å². The summed E-state index contributed by atoms with van der Waals surface area (Å²) in [7, 11) is 4.28. The van der Waals surface area contributed by atoms with Gasteiger partial charge >= 0.3 is 0 Å². The lowest BCUT2D eigenvalue weighted by Gasteiger charge is -2.58. The average molecular weight is 714 g/mol. The van der Waals surface area contributed by atoms with Gasteiger partial charge in [0.1, 0.15) is 0 Å². The molecule has 0 spiro atoms. The van der Waals surface area contributed by atoms with Crippen molar-refractivity contribution in [2.75, 3.05) is 47.1 Å². The van der Waals surface area contributed by atoms with Crippen LogP contribution in [0.2, 0.25) is 0 Å². The molecule has 0 N–H and O–H groups in total. The fourth-order valence-corrected chi connectivity index (χ4v) is 11.7. The van der Waals surface area contributed by atoms with E-state index in [9.17, 15) is 0 Å². The molecule has 0 aromatic heterocycles. The molecule has 298 valence electrons. The minimum atomic E-state index is 0.353. The normalized spacial score (nSPS) is 31.7. The fourth-order valence-electron chi connectivity index (χ4n) is 11.7. The van der Waals surface area contributed by atoms with Crippen LogP contribution in [0.5, 0.6) is 0 Å². The van der Waals surface area contributed by atoms with Gasteiger partial charge in [0.15, 0.2) is 0 Å². The van der Waals surface area contributed by atoms with Crippen molar-refractivity contribution in [1.29, 1.82) is 0 Å². The van der Waals surface area contributed by atoms with Gasteiger partial charge < -0.3 is 19.1 Å². The van der Waals surface area contributed by atoms with Crippen LogP contribution in [0, 0.1) is 46.3 Å². The van der Waals surface area contributed by atoms with Crippen LogP contribution in [-0.2, 0) is 14.2 Å². The molecule has 51 heavy (non-hydrogen) atoms. The summed E-state index contributed by atoms with van der Waals surface area (Å²) >= 11 is 0. The molecule has 0 radical (unpaired) electrons. The smallest absolute Gasteiger partial charge is 0.0644 e. The third kappa shape index (κ3) is 12.5. The zero-order valence-electron chi connectivity index (χ0n) is 35.5. The summed E-state index contributed by atoms with van der Waals surface area (Å²) in [5.41, 5.74) is 2.81. The van der Waals surface area contributed by atoms with E-state index in [2.05, 4.69) is 66.6 Å². The van der Waals surface area contributed by atoms with E-state index in [0.717, 1.165) is 68.5 Å². The molecule has 4 aliphatic rings. The molecule has 0 amide bonds. The number of fused-ring (bicyclic) bond motifs is 5. The maximum atomic E-state index is 6.57. The fraction of sp³-hybridized carbons (Fsp3) is 0.957. The van der Waals surface area contributed by atoms with E-state index >= 15 is 0 Å². The molecular weight excluding hydrogens is 627 g/mol. The Balaban J connectivity index is 1.06. The Kier molecular flexibility index (Phi) is 18.9. The van der Waals surface area contributed by atoms with Gasteiger partial charge in [0.25, 0.3) is 0 Å². The van der Waals surface area contributed by atoms with Crippen LogP contribution < -0.4 is 0 Å². The van der Waals surface area contributed by atoms with Gasteiger partial charge in [-0.05, 0) is 131 Å². The molecular formula is C47H87NO3. The van der Waals surface area contributed by atoms with Crippen LogP contribution in [0.3, 0.4) is 0 Å². The summed E-state index contributed by atoms with van der Waals surface area (Å²) in [5.74, 6) is 5.51. The van der Waals surface area contributed by atoms with Gasteiger partial charge in [-0.15, -0.1) is 0 Å². The summed E-state index contributed by atoms with van der Waals surface area (Å²) in [6.07, 6.45) is 32.7. The highest BCUT2D eigenvalue weighted by Crippen LogP contribution is 2.67. The largest absolute Gasteiger partial charge is 0.380 e. The van der Waals surface area contributed by atoms with Gasteiger partial charge in [0.2, 0.25) is 0 Å². The number of unbranched alkanes of at least 4 members (excludes halogenated alkanes) is 9. The number of nitrogens with zero attached hydrogens (tertiary/aromatic N) is 1. The highest BCUT2D eigenvalue weighted by molar-refractivity contribution is 5.25. The predicted molar refractivity (Wildman–Crippen MR) is 218 cm³/mol. The lowest BCUT2D eigenvalue weighted by atomic mass is 9.47. The predicted octanol–water partition coefficient (Wildman–Crippen LogP) is 12.7. The molecule has 1 unspecified atom stereocenters. The van der Waals surface area contributed by atoms with Crippen LogP contribution in [0.1, 0.15) is 183 Å². The van der Waals surface area contributed by atoms with E-state index in [1.54, 1.807) is 5.57 Å². The summed E-state index contributed by atoms with van der Waals surface area (Å²) in [4.78, 5) is 2.25. The number of allylic oxidation sites excluding steroid dienone is 1. The minimum absolute atomic E-state index is 0.353. The molecule has 4 rings (SSSR count). The monoisotopic (exact) mass is 714 g/mol. The zero-order valence-corrected chi connectivity index (χ0v) is 35.5. The van der Waals surface area contributed by atoms with Gasteiger partial charge in [0.05, 0.1) is 25.4 Å². The number of rotatable bonds is 26. The van der Waals surface area contributed by atoms with E-state index < -0.39 is 0 Å². The Morgan fingerprint density at radius 3 is 2.02 bits per heavy atom. The standard InChI is InChI=1S/C47H87NO3/c1-9-10-11-14-17-31-49-35-40(48(7)8)36-50-32-18-15-12-13-16-19-33-51-41-27-29-46(5)39(34-41)23-24-42-44-26-25-43(38(4)22-20-21-37(2)3)47(44,6)30-28-45(42)46/h23,37-38,40-45H,9-22,24-36H2,1-8H3/t38-,40-,41+,42+,43-,44+,45+,46?,47-/m1/s1. The Labute approximate surface area is 318 Å². The Hall–Kier alpha value is -0.420. The van der Waals surface area contributed by atoms with Crippen molar-refractivity contribution in [2.45, 2.75) is 195 Å². The summed E-state index contributed by atoms with van der Waals surface area (Å²) in [6.45, 7) is 19.3. The first-order chi connectivity index (χ1) is 24.6. The molecule has 0 aliphatic heterocycles. The lowest BCUT2D eigenvalue weighted by Crippen LogP contribution is -2.51. The number of likely N-dealkylation sites (N-methyl/N-ethyl adjacent to an activating group) is 1.